The number of nitrogens with zero attached hydrogens (tertiary/aromatic N) is 4. The van der Waals surface area contributed by atoms with E-state index in [-0.39, 0.29) is 0 Å². The van der Waals surface area contributed by atoms with E-state index in [1.807, 2.05) is 0 Å². The third-order valence-corrected chi connectivity index (χ3v) is 6.19. The number of hydrogen-bond donors (Lipinski definition) is 1. The second kappa shape index (κ2) is 6.89. The van der Waals surface area contributed by atoms with Gasteiger partial charge in [-0.3, -0.25) is 15.0 Å². The fraction of sp³-hybridized carbons (Fsp3) is 0.348. The Balaban J connectivity index is 1.53. The molecule has 0 amide bonds. The topological polar surface area (TPSA) is 52.9 Å². The minimum atomic E-state index is 0.414. The molecule has 142 valence electrons. The number of nitrogens with one attached hydrogen (secondary N) is 1. The average Bonchev–Trinajstić information content (AvgIpc) is 3.41. The van der Waals surface area contributed by atoms with Gasteiger partial charge in [-0.05, 0) is 62.6 Å². The summed E-state index contributed by atoms with van der Waals surface area (Å²) in [5, 5.41) is 3.84. The largest absolute Gasteiger partial charge is 0.361 e. The maximum absolute atomic E-state index is 4.82. The molecule has 1 saturated carbocycles. The van der Waals surface area contributed by atoms with Crippen LogP contribution in [-0.2, 0) is 0 Å². The van der Waals surface area contributed by atoms with Crippen LogP contribution in [0, 0.1) is 12.8 Å². The van der Waals surface area contributed by atoms with E-state index in [1.165, 1.54) is 36.2 Å². The third-order valence-electron chi connectivity index (χ3n) is 6.19. The minimum Gasteiger partial charge on any atom is -0.361 e. The number of pyridine rings is 1. The Morgan fingerprint density at radius 2 is 2.18 bits per heavy atom. The number of hydrogen-bond acceptors (Lipinski definition) is 5. The van der Waals surface area contributed by atoms with Crippen LogP contribution in [-0.4, -0.2) is 34.5 Å². The van der Waals surface area contributed by atoms with Crippen LogP contribution in [0.15, 0.2) is 70.1 Å². The molecule has 2 bridgehead atoms. The standard InChI is InChI=1S/C23H25N5/c1-15-4-3-5-20(26-15)21-22(28-19-11-8-17(14-19)23(28)27-21)16-6-9-18(10-7-16)25-13-12-24-2/h3-7,9,12-13,17,19,23,27H,2,8,10-11,14H2,1H3/b13-12-,25-18-. The summed E-state index contributed by atoms with van der Waals surface area (Å²) < 4.78 is 0. The molecule has 5 heteroatoms. The normalized spacial score (nSPS) is 29.6. The van der Waals surface area contributed by atoms with Crippen LogP contribution < -0.4 is 5.32 Å². The van der Waals surface area contributed by atoms with E-state index in [4.69, 9.17) is 4.98 Å². The first-order valence-corrected chi connectivity index (χ1v) is 10.0. The highest BCUT2D eigenvalue weighted by atomic mass is 15.4. The Labute approximate surface area is 166 Å². The van der Waals surface area contributed by atoms with Crippen LogP contribution in [0.2, 0.25) is 0 Å². The minimum absolute atomic E-state index is 0.414. The first-order valence-electron chi connectivity index (χ1n) is 10.0. The lowest BCUT2D eigenvalue weighted by Crippen LogP contribution is -2.42. The number of fused-ring (bicyclic) bond motifs is 5. The summed E-state index contributed by atoms with van der Waals surface area (Å²) in [5.74, 6) is 0.740. The first kappa shape index (κ1) is 17.2. The van der Waals surface area contributed by atoms with Gasteiger partial charge in [0, 0.05) is 36.3 Å². The van der Waals surface area contributed by atoms with Crippen molar-refractivity contribution in [3.8, 4) is 0 Å². The molecule has 1 N–H and O–H groups in total. The van der Waals surface area contributed by atoms with E-state index < -0.39 is 0 Å². The maximum Gasteiger partial charge on any atom is 0.102 e. The number of rotatable bonds is 4. The molecular weight excluding hydrogens is 346 g/mol. The van der Waals surface area contributed by atoms with E-state index in [1.54, 1.807) is 12.4 Å². The summed E-state index contributed by atoms with van der Waals surface area (Å²) in [6, 6.07) is 6.91. The van der Waals surface area contributed by atoms with Crippen LogP contribution in [0.3, 0.4) is 0 Å². The molecule has 0 radical (unpaired) electrons. The zero-order valence-corrected chi connectivity index (χ0v) is 16.2. The zero-order chi connectivity index (χ0) is 19.1. The summed E-state index contributed by atoms with van der Waals surface area (Å²) in [6.45, 7) is 5.49. The van der Waals surface area contributed by atoms with Crippen molar-refractivity contribution in [2.75, 3.05) is 0 Å². The van der Waals surface area contributed by atoms with E-state index in [2.05, 4.69) is 70.3 Å². The first-order chi connectivity index (χ1) is 13.7. The Morgan fingerprint density at radius 3 is 2.96 bits per heavy atom. The highest BCUT2D eigenvalue weighted by Gasteiger charge is 2.51. The van der Waals surface area contributed by atoms with Crippen LogP contribution in [0.5, 0.6) is 0 Å². The van der Waals surface area contributed by atoms with E-state index in [9.17, 15) is 0 Å². The Hall–Kier alpha value is -2.95. The fourth-order valence-corrected chi connectivity index (χ4v) is 4.99. The lowest BCUT2D eigenvalue weighted by molar-refractivity contribution is 0.194. The van der Waals surface area contributed by atoms with Gasteiger partial charge in [0.25, 0.3) is 0 Å². The van der Waals surface area contributed by atoms with E-state index >= 15 is 0 Å². The lowest BCUT2D eigenvalue weighted by atomic mass is 9.99. The molecule has 3 heterocycles. The smallest absolute Gasteiger partial charge is 0.102 e. The molecule has 5 nitrogen and oxygen atoms in total. The van der Waals surface area contributed by atoms with Gasteiger partial charge in [0.2, 0.25) is 0 Å². The molecule has 5 rings (SSSR count). The number of piperidine rings is 1. The molecule has 1 saturated heterocycles. The van der Waals surface area contributed by atoms with E-state index in [0.29, 0.717) is 12.2 Å². The fourth-order valence-electron chi connectivity index (χ4n) is 4.99. The summed E-state index contributed by atoms with van der Waals surface area (Å²) in [4.78, 5) is 15.6. The van der Waals surface area contributed by atoms with Gasteiger partial charge < -0.3 is 10.2 Å². The Kier molecular flexibility index (Phi) is 4.23. The summed E-state index contributed by atoms with van der Waals surface area (Å²) in [7, 11) is 0. The van der Waals surface area contributed by atoms with Crippen LogP contribution in [0.4, 0.5) is 0 Å². The molecule has 1 aromatic rings. The number of aromatic nitrogens is 1. The monoisotopic (exact) mass is 371 g/mol. The maximum atomic E-state index is 4.82. The molecule has 2 aliphatic heterocycles. The second-order valence-corrected chi connectivity index (χ2v) is 7.91. The number of aryl methyl sites for hydroxylation is 1. The molecule has 3 atom stereocenters. The molecule has 0 spiro atoms. The summed E-state index contributed by atoms with van der Waals surface area (Å²) in [6.07, 6.45) is 15.1. The van der Waals surface area contributed by atoms with Crippen LogP contribution >= 0.6 is 0 Å². The Morgan fingerprint density at radius 1 is 1.25 bits per heavy atom. The van der Waals surface area contributed by atoms with Gasteiger partial charge in [-0.25, -0.2) is 0 Å². The number of aliphatic imine (C=N–C) groups is 2. The molecule has 2 fully saturated rings. The van der Waals surface area contributed by atoms with Crippen molar-refractivity contribution in [3.63, 3.8) is 0 Å². The van der Waals surface area contributed by atoms with Gasteiger partial charge >= 0.3 is 0 Å². The highest BCUT2D eigenvalue weighted by molar-refractivity contribution is 5.98. The van der Waals surface area contributed by atoms with Crippen molar-refractivity contribution in [2.45, 2.75) is 44.8 Å². The van der Waals surface area contributed by atoms with Crippen molar-refractivity contribution in [1.29, 1.82) is 0 Å². The molecule has 0 aromatic carbocycles. The molecule has 2 aliphatic carbocycles. The molecular formula is C23H25N5. The highest BCUT2D eigenvalue weighted by Crippen LogP contribution is 2.49. The van der Waals surface area contributed by atoms with Crippen molar-refractivity contribution in [1.82, 2.24) is 15.2 Å². The van der Waals surface area contributed by atoms with E-state index in [0.717, 1.165) is 29.4 Å². The lowest BCUT2D eigenvalue weighted by Gasteiger charge is -2.33. The van der Waals surface area contributed by atoms with Crippen molar-refractivity contribution in [2.24, 2.45) is 15.9 Å². The summed E-state index contributed by atoms with van der Waals surface area (Å²) >= 11 is 0. The molecule has 1 aromatic heterocycles. The van der Waals surface area contributed by atoms with Gasteiger partial charge in [0.1, 0.15) is 6.17 Å². The van der Waals surface area contributed by atoms with Gasteiger partial charge in [-0.1, -0.05) is 18.2 Å². The molecule has 3 unspecified atom stereocenters. The third kappa shape index (κ3) is 2.82. The quantitative estimate of drug-likeness (QED) is 0.815. The SMILES string of the molecule is C=N/C=C\N=C1\C=CC(C2=C(c3cccc(C)n3)NC3C4CCC(C4)N23)=CC1. The van der Waals surface area contributed by atoms with Crippen molar-refractivity contribution >= 4 is 18.1 Å². The second-order valence-electron chi connectivity index (χ2n) is 7.91. The number of allylic oxidation sites excluding steroid dienone is 3. The zero-order valence-electron chi connectivity index (χ0n) is 16.2. The predicted octanol–water partition coefficient (Wildman–Crippen LogP) is 3.97. The average molecular weight is 371 g/mol. The van der Waals surface area contributed by atoms with Gasteiger partial charge in [0.15, 0.2) is 0 Å². The van der Waals surface area contributed by atoms with Gasteiger partial charge in [-0.2, -0.15) is 0 Å². The van der Waals surface area contributed by atoms with Gasteiger partial charge in [0.05, 0.1) is 17.1 Å². The molecule has 4 aliphatic rings. The van der Waals surface area contributed by atoms with Crippen molar-refractivity contribution < 1.29 is 0 Å². The van der Waals surface area contributed by atoms with Crippen LogP contribution in [0.25, 0.3) is 5.70 Å². The summed E-state index contributed by atoms with van der Waals surface area (Å²) in [5.41, 5.74) is 6.88. The van der Waals surface area contributed by atoms with Crippen molar-refractivity contribution in [3.05, 3.63) is 71.5 Å². The van der Waals surface area contributed by atoms with Crippen LogP contribution in [0.1, 0.15) is 37.1 Å². The Bertz CT molecular complexity index is 965. The van der Waals surface area contributed by atoms with Gasteiger partial charge in [-0.15, -0.1) is 0 Å². The predicted molar refractivity (Wildman–Crippen MR) is 114 cm³/mol. The molecule has 28 heavy (non-hydrogen) atoms.